The lowest BCUT2D eigenvalue weighted by atomic mass is 9.85. The van der Waals surface area contributed by atoms with Gasteiger partial charge in [0.1, 0.15) is 34.3 Å². The number of likely N-dealkylation sites (N-methyl/N-ethyl adjacent to an activating group) is 1. The number of esters is 1. The first-order valence-corrected chi connectivity index (χ1v) is 9.24. The summed E-state index contributed by atoms with van der Waals surface area (Å²) in [6.45, 7) is 6.27. The number of carbonyl (C=O) groups is 1. The lowest BCUT2D eigenvalue weighted by molar-refractivity contribution is -0.147. The summed E-state index contributed by atoms with van der Waals surface area (Å²) in [5, 5.41) is 20.8. The molecule has 1 fully saturated rings. The van der Waals surface area contributed by atoms with Crippen LogP contribution in [0.2, 0.25) is 0 Å². The van der Waals surface area contributed by atoms with Crippen molar-refractivity contribution in [2.24, 2.45) is 0 Å². The minimum atomic E-state index is -0.536. The Labute approximate surface area is 162 Å². The van der Waals surface area contributed by atoms with Crippen LogP contribution >= 0.6 is 0 Å². The van der Waals surface area contributed by atoms with Crippen LogP contribution in [-0.2, 0) is 9.53 Å². The van der Waals surface area contributed by atoms with E-state index in [0.29, 0.717) is 29.9 Å². The summed E-state index contributed by atoms with van der Waals surface area (Å²) in [6.07, 6.45) is 1.74. The van der Waals surface area contributed by atoms with Crippen LogP contribution in [-0.4, -0.2) is 47.3 Å². The molecule has 0 spiro atoms. The van der Waals surface area contributed by atoms with E-state index in [1.165, 1.54) is 6.07 Å². The summed E-state index contributed by atoms with van der Waals surface area (Å²) >= 11 is 0. The third kappa shape index (κ3) is 3.62. The standard InChI is InChI=1S/C21H25NO6/c1-5-11(2)21(26)28-17-10-22(4)7-6-13(17)18-15(24)9-16(25)19-14(23)8-12(3)27-20(18)19/h5,8-9,13,17,24-25H,6-7,10H2,1-4H3. The quantitative estimate of drug-likeness (QED) is 0.617. The summed E-state index contributed by atoms with van der Waals surface area (Å²) in [6, 6.07) is 2.45. The second-order valence-corrected chi connectivity index (χ2v) is 7.33. The number of phenolic OH excluding ortho intramolecular Hbond substituents is 2. The third-order valence-corrected chi connectivity index (χ3v) is 5.27. The molecular formula is C21H25NO6. The van der Waals surface area contributed by atoms with Crippen LogP contribution in [0.4, 0.5) is 0 Å². The van der Waals surface area contributed by atoms with E-state index >= 15 is 0 Å². The number of benzene rings is 1. The Bertz CT molecular complexity index is 1010. The van der Waals surface area contributed by atoms with E-state index in [4.69, 9.17) is 9.15 Å². The molecule has 150 valence electrons. The highest BCUT2D eigenvalue weighted by Crippen LogP contribution is 2.42. The Morgan fingerprint density at radius 3 is 2.71 bits per heavy atom. The second kappa shape index (κ2) is 7.67. The fourth-order valence-corrected chi connectivity index (χ4v) is 3.67. The van der Waals surface area contributed by atoms with Crippen LogP contribution < -0.4 is 5.43 Å². The molecule has 2 N–H and O–H groups in total. The predicted octanol–water partition coefficient (Wildman–Crippen LogP) is 2.81. The average molecular weight is 387 g/mol. The molecule has 2 heterocycles. The van der Waals surface area contributed by atoms with Gasteiger partial charge in [-0.3, -0.25) is 4.79 Å². The summed E-state index contributed by atoms with van der Waals surface area (Å²) in [7, 11) is 1.93. The Morgan fingerprint density at radius 2 is 2.04 bits per heavy atom. The van der Waals surface area contributed by atoms with E-state index in [9.17, 15) is 19.8 Å². The first kappa shape index (κ1) is 19.9. The van der Waals surface area contributed by atoms with E-state index < -0.39 is 12.1 Å². The van der Waals surface area contributed by atoms with Gasteiger partial charge in [-0.2, -0.15) is 0 Å². The zero-order chi connectivity index (χ0) is 20.6. The van der Waals surface area contributed by atoms with Gasteiger partial charge in [-0.25, -0.2) is 4.79 Å². The number of aromatic hydroxyl groups is 2. The van der Waals surface area contributed by atoms with Crippen molar-refractivity contribution in [2.75, 3.05) is 20.1 Å². The van der Waals surface area contributed by atoms with Crippen molar-refractivity contribution in [1.29, 1.82) is 0 Å². The molecule has 2 aromatic rings. The molecule has 0 amide bonds. The minimum absolute atomic E-state index is 0.0204. The number of nitrogens with zero attached hydrogens (tertiary/aromatic N) is 1. The van der Waals surface area contributed by atoms with Gasteiger partial charge >= 0.3 is 5.97 Å². The van der Waals surface area contributed by atoms with Gasteiger partial charge in [0.25, 0.3) is 0 Å². The molecule has 1 aliphatic heterocycles. The maximum atomic E-state index is 12.4. The smallest absolute Gasteiger partial charge is 0.333 e. The highest BCUT2D eigenvalue weighted by Gasteiger charge is 2.36. The largest absolute Gasteiger partial charge is 0.507 e. The minimum Gasteiger partial charge on any atom is -0.507 e. The van der Waals surface area contributed by atoms with Crippen LogP contribution in [0.5, 0.6) is 11.5 Å². The number of carbonyl (C=O) groups excluding carboxylic acids is 1. The second-order valence-electron chi connectivity index (χ2n) is 7.33. The van der Waals surface area contributed by atoms with Gasteiger partial charge in [-0.15, -0.1) is 0 Å². The maximum Gasteiger partial charge on any atom is 0.333 e. The molecule has 2 atom stereocenters. The lowest BCUT2D eigenvalue weighted by Crippen LogP contribution is -2.43. The summed E-state index contributed by atoms with van der Waals surface area (Å²) in [5.41, 5.74) is 0.636. The summed E-state index contributed by atoms with van der Waals surface area (Å²) in [5.74, 6) is -0.950. The van der Waals surface area contributed by atoms with Crippen molar-refractivity contribution in [1.82, 2.24) is 4.90 Å². The maximum absolute atomic E-state index is 12.4. The molecule has 1 saturated heterocycles. The monoisotopic (exact) mass is 387 g/mol. The molecule has 0 bridgehead atoms. The van der Waals surface area contributed by atoms with Crippen LogP contribution in [0.3, 0.4) is 0 Å². The molecule has 1 aliphatic rings. The van der Waals surface area contributed by atoms with Gasteiger partial charge in [0.15, 0.2) is 5.43 Å². The fourth-order valence-electron chi connectivity index (χ4n) is 3.67. The van der Waals surface area contributed by atoms with Crippen molar-refractivity contribution in [3.63, 3.8) is 0 Å². The average Bonchev–Trinajstić information content (AvgIpc) is 2.61. The van der Waals surface area contributed by atoms with E-state index in [1.807, 2.05) is 11.9 Å². The van der Waals surface area contributed by atoms with E-state index in [2.05, 4.69) is 0 Å². The SMILES string of the molecule is CC=C(C)C(=O)OC1CN(C)CCC1c1c(O)cc(O)c2c(=O)cc(C)oc12. The Hall–Kier alpha value is -2.80. The van der Waals surface area contributed by atoms with Crippen LogP contribution in [0.15, 0.2) is 33.0 Å². The molecular weight excluding hydrogens is 362 g/mol. The molecule has 1 aromatic heterocycles. The fraction of sp³-hybridized carbons (Fsp3) is 0.429. The predicted molar refractivity (Wildman–Crippen MR) is 105 cm³/mol. The van der Waals surface area contributed by atoms with Crippen molar-refractivity contribution in [3.8, 4) is 11.5 Å². The van der Waals surface area contributed by atoms with Crippen LogP contribution in [0.25, 0.3) is 11.0 Å². The van der Waals surface area contributed by atoms with Gasteiger partial charge in [0, 0.05) is 35.7 Å². The van der Waals surface area contributed by atoms with E-state index in [0.717, 1.165) is 12.6 Å². The van der Waals surface area contributed by atoms with Gasteiger partial charge in [-0.1, -0.05) is 6.08 Å². The van der Waals surface area contributed by atoms with Crippen LogP contribution in [0, 0.1) is 6.92 Å². The van der Waals surface area contributed by atoms with Crippen molar-refractivity contribution >= 4 is 16.9 Å². The summed E-state index contributed by atoms with van der Waals surface area (Å²) in [4.78, 5) is 26.8. The molecule has 7 heteroatoms. The third-order valence-electron chi connectivity index (χ3n) is 5.27. The highest BCUT2D eigenvalue weighted by molar-refractivity contribution is 5.89. The van der Waals surface area contributed by atoms with Crippen molar-refractivity contribution in [2.45, 2.75) is 39.2 Å². The normalized spacial score (nSPS) is 21.1. The zero-order valence-electron chi connectivity index (χ0n) is 16.5. The number of allylic oxidation sites excluding steroid dienone is 1. The number of aryl methyl sites for hydroxylation is 1. The van der Waals surface area contributed by atoms with Gasteiger partial charge in [0.05, 0.1) is 0 Å². The molecule has 0 aliphatic carbocycles. The first-order chi connectivity index (χ1) is 13.2. The Kier molecular flexibility index (Phi) is 5.47. The van der Waals surface area contributed by atoms with Crippen molar-refractivity contribution in [3.05, 3.63) is 45.3 Å². The van der Waals surface area contributed by atoms with E-state index in [-0.39, 0.29) is 33.8 Å². The number of hydrogen-bond acceptors (Lipinski definition) is 7. The number of ether oxygens (including phenoxy) is 1. The Balaban J connectivity index is 2.15. The number of likely N-dealkylation sites (tertiary alicyclic amines) is 1. The molecule has 1 aromatic carbocycles. The molecule has 7 nitrogen and oxygen atoms in total. The lowest BCUT2D eigenvalue weighted by Gasteiger charge is -2.36. The number of piperidine rings is 1. The summed E-state index contributed by atoms with van der Waals surface area (Å²) < 4.78 is 11.5. The molecule has 28 heavy (non-hydrogen) atoms. The molecule has 3 rings (SSSR count). The van der Waals surface area contributed by atoms with Gasteiger partial charge in [0.2, 0.25) is 0 Å². The molecule has 2 unspecified atom stereocenters. The number of fused-ring (bicyclic) bond motifs is 1. The van der Waals surface area contributed by atoms with Crippen molar-refractivity contribution < 1.29 is 24.2 Å². The topological polar surface area (TPSA) is 100 Å². The number of rotatable bonds is 3. The molecule has 0 saturated carbocycles. The van der Waals surface area contributed by atoms with Gasteiger partial charge < -0.3 is 24.3 Å². The molecule has 0 radical (unpaired) electrons. The first-order valence-electron chi connectivity index (χ1n) is 9.24. The number of phenols is 2. The van der Waals surface area contributed by atoms with Gasteiger partial charge in [-0.05, 0) is 40.8 Å². The Morgan fingerprint density at radius 1 is 1.32 bits per heavy atom. The van der Waals surface area contributed by atoms with E-state index in [1.54, 1.807) is 26.8 Å². The highest BCUT2D eigenvalue weighted by atomic mass is 16.5. The number of hydrogen-bond donors (Lipinski definition) is 2. The zero-order valence-corrected chi connectivity index (χ0v) is 16.5. The van der Waals surface area contributed by atoms with Crippen LogP contribution in [0.1, 0.15) is 37.5 Å².